The number of aromatic nitrogens is 2. The maximum absolute atomic E-state index is 12.7. The lowest BCUT2D eigenvalue weighted by molar-refractivity contribution is -0.274. The topological polar surface area (TPSA) is 95.0 Å². The molecule has 0 aliphatic carbocycles. The minimum Gasteiger partial charge on any atom is -0.409 e. The van der Waals surface area contributed by atoms with Crippen LogP contribution in [0.4, 0.5) is 0 Å². The molecule has 198 valence electrons. The highest BCUT2D eigenvalue weighted by Gasteiger charge is 2.49. The van der Waals surface area contributed by atoms with Crippen LogP contribution in [0.3, 0.4) is 0 Å². The van der Waals surface area contributed by atoms with Crippen molar-refractivity contribution in [3.63, 3.8) is 0 Å². The SMILES string of the molecule is Cc1cn([C@H]2C[C@@H]([C@@H]3O[C@H](C)OC[C@H]3O[Si](C)(C)C(C)(C)C)N(Cc3ccccc3)O2)c(=O)[nH]c1=O. The summed E-state index contributed by atoms with van der Waals surface area (Å²) in [6.07, 6.45) is 0.485. The number of H-pyrrole nitrogens is 1. The minimum atomic E-state index is -2.12. The number of benzene rings is 1. The zero-order valence-electron chi connectivity index (χ0n) is 22.3. The van der Waals surface area contributed by atoms with Crippen molar-refractivity contribution in [3.05, 3.63) is 68.5 Å². The molecule has 4 rings (SSSR count). The summed E-state index contributed by atoms with van der Waals surface area (Å²) in [7, 11) is -2.12. The molecule has 0 saturated carbocycles. The average molecular weight is 518 g/mol. The first kappa shape index (κ1) is 27.0. The van der Waals surface area contributed by atoms with Crippen molar-refractivity contribution in [2.24, 2.45) is 0 Å². The van der Waals surface area contributed by atoms with Crippen LogP contribution in [-0.4, -0.2) is 54.1 Å². The van der Waals surface area contributed by atoms with E-state index >= 15 is 0 Å². The van der Waals surface area contributed by atoms with E-state index in [0.29, 0.717) is 25.1 Å². The molecule has 1 aromatic carbocycles. The van der Waals surface area contributed by atoms with E-state index in [9.17, 15) is 9.59 Å². The Morgan fingerprint density at radius 1 is 1.17 bits per heavy atom. The Kier molecular flexibility index (Phi) is 7.75. The molecule has 9 nitrogen and oxygen atoms in total. The number of nitrogens with one attached hydrogen (secondary N) is 1. The second-order valence-corrected chi connectivity index (χ2v) is 16.1. The maximum Gasteiger partial charge on any atom is 0.330 e. The third kappa shape index (κ3) is 5.74. The zero-order chi connectivity index (χ0) is 26.3. The first-order chi connectivity index (χ1) is 16.9. The molecular weight excluding hydrogens is 478 g/mol. The Morgan fingerprint density at radius 3 is 2.53 bits per heavy atom. The molecule has 2 fully saturated rings. The van der Waals surface area contributed by atoms with Gasteiger partial charge in [-0.05, 0) is 37.5 Å². The summed E-state index contributed by atoms with van der Waals surface area (Å²) in [6.45, 7) is 15.6. The molecule has 10 heteroatoms. The third-order valence-corrected chi connectivity index (χ3v) is 12.1. The molecule has 3 heterocycles. The largest absolute Gasteiger partial charge is 0.409 e. The summed E-state index contributed by atoms with van der Waals surface area (Å²) >= 11 is 0. The highest BCUT2D eigenvalue weighted by molar-refractivity contribution is 6.74. The van der Waals surface area contributed by atoms with Crippen LogP contribution in [0.25, 0.3) is 0 Å². The van der Waals surface area contributed by atoms with Gasteiger partial charge in [0.1, 0.15) is 6.10 Å². The molecule has 2 saturated heterocycles. The van der Waals surface area contributed by atoms with Crippen LogP contribution in [0, 0.1) is 6.92 Å². The van der Waals surface area contributed by atoms with Gasteiger partial charge in [-0.3, -0.25) is 19.2 Å². The smallest absolute Gasteiger partial charge is 0.330 e. The number of nitrogens with zero attached hydrogens (tertiary/aromatic N) is 2. The number of ether oxygens (including phenoxy) is 2. The van der Waals surface area contributed by atoms with E-state index < -0.39 is 25.8 Å². The molecule has 0 unspecified atom stereocenters. The van der Waals surface area contributed by atoms with Crippen molar-refractivity contribution in [1.82, 2.24) is 14.6 Å². The monoisotopic (exact) mass is 517 g/mol. The molecule has 1 aromatic heterocycles. The van der Waals surface area contributed by atoms with Gasteiger partial charge in [0.25, 0.3) is 5.56 Å². The molecular formula is C26H39N3O6Si. The van der Waals surface area contributed by atoms with Gasteiger partial charge in [-0.25, -0.2) is 4.79 Å². The quantitative estimate of drug-likeness (QED) is 0.584. The summed E-state index contributed by atoms with van der Waals surface area (Å²) in [5.74, 6) is 0. The van der Waals surface area contributed by atoms with E-state index in [0.717, 1.165) is 5.56 Å². The Labute approximate surface area is 213 Å². The van der Waals surface area contributed by atoms with Gasteiger partial charge in [-0.15, -0.1) is 0 Å². The molecule has 36 heavy (non-hydrogen) atoms. The van der Waals surface area contributed by atoms with E-state index in [2.05, 4.69) is 38.8 Å². The number of hydrogen-bond acceptors (Lipinski definition) is 7. The Morgan fingerprint density at radius 2 is 1.86 bits per heavy atom. The molecule has 0 bridgehead atoms. The van der Waals surface area contributed by atoms with E-state index in [1.807, 2.05) is 42.3 Å². The standard InChI is InChI=1S/C26H39N3O6Si/c1-17-14-28(25(31)27-24(17)30)22-13-20(29(34-22)15-19-11-9-8-10-12-19)23-21(16-32-18(2)33-23)35-36(6,7)26(3,4)5/h8-12,14,18,20-23H,13,15-16H2,1-7H3,(H,27,30,31)/t18-,20+,21-,22-,23+/m1/s1. The Hall–Kier alpha value is -2.08. The van der Waals surface area contributed by atoms with Gasteiger partial charge in [0, 0.05) is 24.7 Å². The third-order valence-electron chi connectivity index (χ3n) is 7.55. The van der Waals surface area contributed by atoms with Gasteiger partial charge in [0.15, 0.2) is 20.8 Å². The Balaban J connectivity index is 1.68. The molecule has 0 spiro atoms. The van der Waals surface area contributed by atoms with Crippen LogP contribution in [-0.2, 0) is 25.3 Å². The van der Waals surface area contributed by atoms with Crippen LogP contribution in [0.2, 0.25) is 18.1 Å². The number of rotatable bonds is 6. The lowest BCUT2D eigenvalue weighted by Gasteiger charge is -2.45. The number of aromatic amines is 1. The fourth-order valence-corrected chi connectivity index (χ4v) is 5.76. The molecule has 2 aliphatic heterocycles. The summed E-state index contributed by atoms with van der Waals surface area (Å²) in [4.78, 5) is 33.4. The molecule has 5 atom stereocenters. The Bertz CT molecular complexity index is 1160. The number of hydrogen-bond donors (Lipinski definition) is 1. The summed E-state index contributed by atoms with van der Waals surface area (Å²) in [6, 6.07) is 9.84. The van der Waals surface area contributed by atoms with Crippen molar-refractivity contribution in [2.75, 3.05) is 6.61 Å². The number of aryl methyl sites for hydroxylation is 1. The van der Waals surface area contributed by atoms with Gasteiger partial charge in [-0.2, -0.15) is 5.06 Å². The fraction of sp³-hybridized carbons (Fsp3) is 0.615. The van der Waals surface area contributed by atoms with Crippen LogP contribution < -0.4 is 11.2 Å². The normalized spacial score (nSPS) is 27.9. The lowest BCUT2D eigenvalue weighted by Crippen LogP contribution is -2.57. The van der Waals surface area contributed by atoms with Crippen LogP contribution in [0.1, 0.15) is 51.5 Å². The van der Waals surface area contributed by atoms with Crippen molar-refractivity contribution in [2.45, 2.75) is 96.5 Å². The van der Waals surface area contributed by atoms with Gasteiger partial charge < -0.3 is 13.9 Å². The van der Waals surface area contributed by atoms with Crippen molar-refractivity contribution in [1.29, 1.82) is 0 Å². The highest BCUT2D eigenvalue weighted by atomic mass is 28.4. The maximum atomic E-state index is 12.7. The van der Waals surface area contributed by atoms with Crippen LogP contribution in [0.5, 0.6) is 0 Å². The lowest BCUT2D eigenvalue weighted by atomic mass is 10.0. The van der Waals surface area contributed by atoms with E-state index in [-0.39, 0.29) is 29.6 Å². The first-order valence-corrected chi connectivity index (χ1v) is 15.5. The molecule has 0 radical (unpaired) electrons. The molecule has 2 aliphatic rings. The van der Waals surface area contributed by atoms with Crippen molar-refractivity contribution < 1.29 is 18.7 Å². The average Bonchev–Trinajstić information content (AvgIpc) is 3.20. The fourth-order valence-electron chi connectivity index (χ4n) is 4.45. The summed E-state index contributed by atoms with van der Waals surface area (Å²) in [5, 5.41) is 1.93. The van der Waals surface area contributed by atoms with E-state index in [1.54, 1.807) is 13.1 Å². The van der Waals surface area contributed by atoms with E-state index in [4.69, 9.17) is 18.7 Å². The van der Waals surface area contributed by atoms with Crippen LogP contribution in [0.15, 0.2) is 46.1 Å². The van der Waals surface area contributed by atoms with Crippen LogP contribution >= 0.6 is 0 Å². The van der Waals surface area contributed by atoms with E-state index in [1.165, 1.54) is 4.57 Å². The van der Waals surface area contributed by atoms with Gasteiger partial charge in [-0.1, -0.05) is 51.1 Å². The van der Waals surface area contributed by atoms with Gasteiger partial charge in [0.2, 0.25) is 0 Å². The summed E-state index contributed by atoms with van der Waals surface area (Å²) in [5.41, 5.74) is 0.643. The second-order valence-electron chi connectivity index (χ2n) is 11.3. The zero-order valence-corrected chi connectivity index (χ0v) is 23.3. The minimum absolute atomic E-state index is 0.0276. The molecule has 1 N–H and O–H groups in total. The van der Waals surface area contributed by atoms with Gasteiger partial charge >= 0.3 is 5.69 Å². The molecule has 0 amide bonds. The summed E-state index contributed by atoms with van der Waals surface area (Å²) < 4.78 is 20.5. The number of hydroxylamine groups is 2. The molecule has 2 aromatic rings. The van der Waals surface area contributed by atoms with Crippen molar-refractivity contribution >= 4 is 8.32 Å². The first-order valence-electron chi connectivity index (χ1n) is 12.6. The highest BCUT2D eigenvalue weighted by Crippen LogP contribution is 2.41. The van der Waals surface area contributed by atoms with Gasteiger partial charge in [0.05, 0.1) is 18.8 Å². The predicted molar refractivity (Wildman–Crippen MR) is 139 cm³/mol. The van der Waals surface area contributed by atoms with Crippen molar-refractivity contribution in [3.8, 4) is 0 Å². The second kappa shape index (κ2) is 10.4. The predicted octanol–water partition coefficient (Wildman–Crippen LogP) is 3.70.